The molecule has 0 N–H and O–H groups in total. The summed E-state index contributed by atoms with van der Waals surface area (Å²) in [4.78, 5) is 0. The lowest BCUT2D eigenvalue weighted by Crippen LogP contribution is -1.95. The minimum atomic E-state index is -0.212. The van der Waals surface area contributed by atoms with Gasteiger partial charge in [-0.1, -0.05) is 24.3 Å². The fraction of sp³-hybridized carbons (Fsp3) is 0.133. The molecule has 3 rings (SSSR count). The van der Waals surface area contributed by atoms with Gasteiger partial charge in [0.1, 0.15) is 10.4 Å². The minimum Gasteiger partial charge on any atom is -0.258 e. The third kappa shape index (κ3) is 2.06. The summed E-state index contributed by atoms with van der Waals surface area (Å²) < 4.78 is 16.6. The molecule has 3 aromatic rings. The molecule has 0 fully saturated rings. The van der Waals surface area contributed by atoms with Crippen LogP contribution in [-0.4, -0.2) is 9.78 Å². The standard InChI is InChI=1S/C15H12BrFN2/c1-2-19-15(16)12-8-7-10(9-14(12)18-19)11-5-3-4-6-13(11)17/h3-9H,2H2,1H3. The SMILES string of the molecule is CCn1nc2cc(-c3ccccc3F)ccc2c1Br. The van der Waals surface area contributed by atoms with Gasteiger partial charge in [-0.15, -0.1) is 0 Å². The Bertz CT molecular complexity index is 749. The zero-order valence-corrected chi connectivity index (χ0v) is 12.0. The van der Waals surface area contributed by atoms with E-state index in [-0.39, 0.29) is 5.82 Å². The Morgan fingerprint density at radius 1 is 1.21 bits per heavy atom. The minimum absolute atomic E-state index is 0.212. The smallest absolute Gasteiger partial charge is 0.131 e. The third-order valence-corrected chi connectivity index (χ3v) is 4.00. The van der Waals surface area contributed by atoms with Crippen molar-refractivity contribution in [2.24, 2.45) is 0 Å². The molecule has 2 nitrogen and oxygen atoms in total. The topological polar surface area (TPSA) is 17.8 Å². The molecule has 0 saturated carbocycles. The molecule has 2 aromatic carbocycles. The largest absolute Gasteiger partial charge is 0.258 e. The van der Waals surface area contributed by atoms with E-state index in [1.807, 2.05) is 35.9 Å². The lowest BCUT2D eigenvalue weighted by molar-refractivity contribution is 0.631. The van der Waals surface area contributed by atoms with Crippen LogP contribution in [0.4, 0.5) is 4.39 Å². The number of aromatic nitrogens is 2. The molecular formula is C15H12BrFN2. The number of hydrogen-bond acceptors (Lipinski definition) is 1. The van der Waals surface area contributed by atoms with E-state index in [0.29, 0.717) is 5.56 Å². The van der Waals surface area contributed by atoms with Gasteiger partial charge in [0.15, 0.2) is 0 Å². The molecule has 0 unspecified atom stereocenters. The lowest BCUT2D eigenvalue weighted by atomic mass is 10.0. The fourth-order valence-electron chi connectivity index (χ4n) is 2.17. The van der Waals surface area contributed by atoms with Crippen LogP contribution in [0.25, 0.3) is 22.0 Å². The van der Waals surface area contributed by atoms with Crippen LogP contribution in [0.2, 0.25) is 0 Å². The highest BCUT2D eigenvalue weighted by atomic mass is 79.9. The molecule has 0 aliphatic heterocycles. The first-order chi connectivity index (χ1) is 9.20. The number of rotatable bonds is 2. The Morgan fingerprint density at radius 2 is 2.00 bits per heavy atom. The van der Waals surface area contributed by atoms with Crippen LogP contribution in [0.1, 0.15) is 6.92 Å². The number of hydrogen-bond donors (Lipinski definition) is 0. The molecule has 0 bridgehead atoms. The van der Waals surface area contributed by atoms with Crippen molar-refractivity contribution in [3.63, 3.8) is 0 Å². The van der Waals surface area contributed by atoms with E-state index in [1.165, 1.54) is 6.07 Å². The summed E-state index contributed by atoms with van der Waals surface area (Å²) >= 11 is 3.53. The second-order valence-corrected chi connectivity index (χ2v) is 5.07. The molecular weight excluding hydrogens is 307 g/mol. The third-order valence-electron chi connectivity index (χ3n) is 3.16. The summed E-state index contributed by atoms with van der Waals surface area (Å²) in [7, 11) is 0. The molecule has 0 radical (unpaired) electrons. The van der Waals surface area contributed by atoms with E-state index in [9.17, 15) is 4.39 Å². The van der Waals surface area contributed by atoms with Crippen molar-refractivity contribution < 1.29 is 4.39 Å². The second kappa shape index (κ2) is 4.78. The van der Waals surface area contributed by atoms with Gasteiger partial charge >= 0.3 is 0 Å². The van der Waals surface area contributed by atoms with E-state index in [0.717, 1.165) is 27.6 Å². The molecule has 19 heavy (non-hydrogen) atoms. The van der Waals surface area contributed by atoms with E-state index in [1.54, 1.807) is 12.1 Å². The van der Waals surface area contributed by atoms with Crippen LogP contribution in [0.15, 0.2) is 47.1 Å². The average molecular weight is 319 g/mol. The maximum atomic E-state index is 13.8. The Labute approximate surface area is 119 Å². The zero-order valence-electron chi connectivity index (χ0n) is 10.4. The van der Waals surface area contributed by atoms with Crippen molar-refractivity contribution in [1.82, 2.24) is 9.78 Å². The van der Waals surface area contributed by atoms with Crippen LogP contribution >= 0.6 is 15.9 Å². The van der Waals surface area contributed by atoms with E-state index in [2.05, 4.69) is 21.0 Å². The van der Waals surface area contributed by atoms with Crippen molar-refractivity contribution in [3.8, 4) is 11.1 Å². The van der Waals surface area contributed by atoms with Gasteiger partial charge in [0.05, 0.1) is 5.52 Å². The summed E-state index contributed by atoms with van der Waals surface area (Å²) in [5.41, 5.74) is 2.32. The Morgan fingerprint density at radius 3 is 2.74 bits per heavy atom. The number of benzene rings is 2. The van der Waals surface area contributed by atoms with Gasteiger partial charge in [-0.05, 0) is 46.6 Å². The van der Waals surface area contributed by atoms with Gasteiger partial charge in [-0.3, -0.25) is 4.68 Å². The summed E-state index contributed by atoms with van der Waals surface area (Å²) in [6.07, 6.45) is 0. The normalized spacial score (nSPS) is 11.1. The van der Waals surface area contributed by atoms with Crippen molar-refractivity contribution in [1.29, 1.82) is 0 Å². The Hall–Kier alpha value is -1.68. The molecule has 0 spiro atoms. The van der Waals surface area contributed by atoms with Gasteiger partial charge < -0.3 is 0 Å². The summed E-state index contributed by atoms with van der Waals surface area (Å²) in [5.74, 6) is -0.212. The van der Waals surface area contributed by atoms with Crippen molar-refractivity contribution in [3.05, 3.63) is 52.9 Å². The molecule has 96 valence electrons. The zero-order chi connectivity index (χ0) is 13.4. The highest BCUT2D eigenvalue weighted by Gasteiger charge is 2.10. The van der Waals surface area contributed by atoms with Gasteiger partial charge in [0.2, 0.25) is 0 Å². The first-order valence-corrected chi connectivity index (χ1v) is 6.91. The first-order valence-electron chi connectivity index (χ1n) is 6.11. The highest BCUT2D eigenvalue weighted by Crippen LogP contribution is 2.29. The fourth-order valence-corrected chi connectivity index (χ4v) is 2.84. The molecule has 1 heterocycles. The molecule has 0 aliphatic carbocycles. The highest BCUT2D eigenvalue weighted by molar-refractivity contribution is 9.10. The maximum absolute atomic E-state index is 13.8. The van der Waals surface area contributed by atoms with Gasteiger partial charge in [-0.2, -0.15) is 5.10 Å². The number of nitrogens with zero attached hydrogens (tertiary/aromatic N) is 2. The van der Waals surface area contributed by atoms with E-state index in [4.69, 9.17) is 0 Å². The van der Waals surface area contributed by atoms with E-state index >= 15 is 0 Å². The summed E-state index contributed by atoms with van der Waals surface area (Å²) in [6, 6.07) is 12.6. The number of fused-ring (bicyclic) bond motifs is 1. The van der Waals surface area contributed by atoms with E-state index < -0.39 is 0 Å². The molecule has 1 aromatic heterocycles. The van der Waals surface area contributed by atoms with Gasteiger partial charge in [0, 0.05) is 17.5 Å². The quantitative estimate of drug-likeness (QED) is 0.674. The average Bonchev–Trinajstić information content (AvgIpc) is 2.75. The molecule has 0 saturated heterocycles. The molecule has 4 heteroatoms. The van der Waals surface area contributed by atoms with Crippen LogP contribution < -0.4 is 0 Å². The summed E-state index contributed by atoms with van der Waals surface area (Å²) in [5, 5.41) is 5.54. The van der Waals surface area contributed by atoms with Crippen molar-refractivity contribution >= 4 is 26.8 Å². The van der Waals surface area contributed by atoms with Crippen LogP contribution in [-0.2, 0) is 6.54 Å². The van der Waals surface area contributed by atoms with Crippen LogP contribution in [0.3, 0.4) is 0 Å². The predicted molar refractivity (Wildman–Crippen MR) is 78.5 cm³/mol. The summed E-state index contributed by atoms with van der Waals surface area (Å²) in [6.45, 7) is 2.83. The van der Waals surface area contributed by atoms with Crippen LogP contribution in [0, 0.1) is 5.82 Å². The predicted octanol–water partition coefficient (Wildman–Crippen LogP) is 4.62. The lowest BCUT2D eigenvalue weighted by Gasteiger charge is -2.02. The second-order valence-electron chi connectivity index (χ2n) is 4.32. The van der Waals surface area contributed by atoms with Crippen LogP contribution in [0.5, 0.6) is 0 Å². The van der Waals surface area contributed by atoms with Gasteiger partial charge in [-0.25, -0.2) is 4.39 Å². The van der Waals surface area contributed by atoms with Gasteiger partial charge in [0.25, 0.3) is 0 Å². The molecule has 0 atom stereocenters. The Balaban J connectivity index is 2.20. The van der Waals surface area contributed by atoms with Crippen molar-refractivity contribution in [2.75, 3.05) is 0 Å². The number of aryl methyl sites for hydroxylation is 1. The number of halogens is 2. The van der Waals surface area contributed by atoms with Crippen molar-refractivity contribution in [2.45, 2.75) is 13.5 Å². The molecule has 0 amide bonds. The maximum Gasteiger partial charge on any atom is 0.131 e. The monoisotopic (exact) mass is 318 g/mol. The molecule has 0 aliphatic rings. The first kappa shape index (κ1) is 12.4. The Kier molecular flexibility index (Phi) is 3.11.